The lowest BCUT2D eigenvalue weighted by molar-refractivity contribution is 0.0696. The second kappa shape index (κ2) is 10.5. The van der Waals surface area contributed by atoms with Crippen LogP contribution in [0.5, 0.6) is 0 Å². The Morgan fingerprint density at radius 1 is 0.909 bits per heavy atom. The van der Waals surface area contributed by atoms with Crippen LogP contribution in [0.25, 0.3) is 32.9 Å². The molecule has 1 aliphatic rings. The fraction of sp³-hybridized carbons (Fsp3) is 0.111. The van der Waals surface area contributed by atoms with E-state index in [1.807, 2.05) is 53.2 Å². The van der Waals surface area contributed by atoms with E-state index in [1.54, 1.807) is 42.5 Å². The lowest BCUT2D eigenvalue weighted by atomic mass is 9.98. The average Bonchev–Trinajstić information content (AvgIpc) is 3.72. The van der Waals surface area contributed by atoms with Gasteiger partial charge >= 0.3 is 5.97 Å². The van der Waals surface area contributed by atoms with Crippen LogP contribution in [0.4, 0.5) is 4.39 Å². The van der Waals surface area contributed by atoms with E-state index < -0.39 is 11.5 Å². The summed E-state index contributed by atoms with van der Waals surface area (Å²) in [6, 6.07) is 30.1. The van der Waals surface area contributed by atoms with Gasteiger partial charge in [-0.15, -0.1) is 0 Å². The number of nitriles is 1. The Balaban J connectivity index is 1.29. The first-order valence-electron chi connectivity index (χ1n) is 14.2. The highest BCUT2D eigenvalue weighted by Crippen LogP contribution is 2.46. The van der Waals surface area contributed by atoms with Gasteiger partial charge in [0, 0.05) is 17.0 Å². The highest BCUT2D eigenvalue weighted by Gasteiger charge is 2.46. The molecular weight excluding hydrogens is 555 g/mol. The topological polar surface area (TPSA) is 108 Å². The molecule has 7 rings (SSSR count). The number of carbonyl (C=O) groups excluding carboxylic acids is 1. The van der Waals surface area contributed by atoms with Crippen molar-refractivity contribution in [3.63, 3.8) is 0 Å². The van der Waals surface area contributed by atoms with Crippen LogP contribution >= 0.6 is 0 Å². The minimum atomic E-state index is -0.999. The van der Waals surface area contributed by atoms with Crippen LogP contribution in [0.1, 0.15) is 50.4 Å². The fourth-order valence-corrected chi connectivity index (χ4v) is 5.79. The van der Waals surface area contributed by atoms with E-state index in [0.717, 1.165) is 46.1 Å². The predicted molar refractivity (Wildman–Crippen MR) is 165 cm³/mol. The third kappa shape index (κ3) is 4.95. The molecule has 0 saturated heterocycles. The van der Waals surface area contributed by atoms with Gasteiger partial charge in [0.05, 0.1) is 51.6 Å². The van der Waals surface area contributed by atoms with E-state index in [9.17, 15) is 24.3 Å². The fourth-order valence-electron chi connectivity index (χ4n) is 5.79. The molecule has 8 heteroatoms. The molecule has 214 valence electrons. The molecule has 44 heavy (non-hydrogen) atoms. The number of hydrogen-bond donors (Lipinski definition) is 2. The molecule has 0 radical (unpaired) electrons. The minimum Gasteiger partial charge on any atom is -0.478 e. The van der Waals surface area contributed by atoms with Gasteiger partial charge in [-0.1, -0.05) is 30.3 Å². The number of nitrogens with one attached hydrogen (secondary N) is 1. The summed E-state index contributed by atoms with van der Waals surface area (Å²) in [5, 5.41) is 23.4. The number of carbonyl (C=O) groups is 2. The number of fused-ring (bicyclic) bond motifs is 2. The van der Waals surface area contributed by atoms with E-state index >= 15 is 0 Å². The van der Waals surface area contributed by atoms with Crippen LogP contribution < -0.4 is 5.32 Å². The smallest absolute Gasteiger partial charge is 0.335 e. The standard InChI is InChI=1S/C36H25FN4O3/c37-29-10-12-32-25(18-29)7-11-30(39-32)21-41-16-13-26-17-27(23-3-1-22(20-38)2-4-23)19-31(33(26)41)34(42)40-36(14-15-36)28-8-5-24(6-9-28)35(43)44/h1-13,16-19H,14-15,21H2,(H,40,42)(H,43,44). The number of benzene rings is 4. The summed E-state index contributed by atoms with van der Waals surface area (Å²) >= 11 is 0. The third-order valence-electron chi connectivity index (χ3n) is 8.28. The molecule has 1 fully saturated rings. The van der Waals surface area contributed by atoms with Crippen molar-refractivity contribution >= 4 is 33.7 Å². The van der Waals surface area contributed by atoms with Crippen molar-refractivity contribution in [3.05, 3.63) is 137 Å². The molecule has 6 aromatic rings. The monoisotopic (exact) mass is 580 g/mol. The van der Waals surface area contributed by atoms with Crippen molar-refractivity contribution < 1.29 is 19.1 Å². The first-order valence-corrected chi connectivity index (χ1v) is 14.2. The predicted octanol–water partition coefficient (Wildman–Crippen LogP) is 7.03. The van der Waals surface area contributed by atoms with Crippen molar-refractivity contribution in [2.24, 2.45) is 0 Å². The first kappa shape index (κ1) is 27.0. The van der Waals surface area contributed by atoms with Gasteiger partial charge in [0.2, 0.25) is 0 Å². The SMILES string of the molecule is N#Cc1ccc(-c2cc(C(=O)NC3(c4ccc(C(=O)O)cc4)CC3)c3c(ccn3Cc3ccc4cc(F)ccc4n3)c2)cc1. The minimum absolute atomic E-state index is 0.193. The van der Waals surface area contributed by atoms with Crippen LogP contribution in [0, 0.1) is 17.1 Å². The van der Waals surface area contributed by atoms with E-state index in [-0.39, 0.29) is 17.3 Å². The Bertz CT molecular complexity index is 2140. The number of carboxylic acids is 1. The third-order valence-corrected chi connectivity index (χ3v) is 8.28. The Kier molecular flexibility index (Phi) is 6.44. The zero-order chi connectivity index (χ0) is 30.4. The summed E-state index contributed by atoms with van der Waals surface area (Å²) in [5.74, 6) is -1.56. The van der Waals surface area contributed by atoms with Crippen molar-refractivity contribution in [3.8, 4) is 17.2 Å². The number of pyridine rings is 1. The van der Waals surface area contributed by atoms with Gasteiger partial charge in [0.25, 0.3) is 5.91 Å². The Hall–Kier alpha value is -5.81. The largest absolute Gasteiger partial charge is 0.478 e. The second-order valence-corrected chi connectivity index (χ2v) is 11.2. The number of amides is 1. The number of nitrogens with zero attached hydrogens (tertiary/aromatic N) is 3. The number of halogens is 1. The molecule has 2 heterocycles. The highest BCUT2D eigenvalue weighted by molar-refractivity contribution is 6.08. The van der Waals surface area contributed by atoms with Crippen LogP contribution in [0.2, 0.25) is 0 Å². The summed E-state index contributed by atoms with van der Waals surface area (Å²) < 4.78 is 15.7. The number of aromatic carboxylic acids is 1. The number of aromatic nitrogens is 2. The van der Waals surface area contributed by atoms with Crippen molar-refractivity contribution in [2.75, 3.05) is 0 Å². The van der Waals surface area contributed by atoms with Gasteiger partial charge in [0.1, 0.15) is 5.82 Å². The second-order valence-electron chi connectivity index (χ2n) is 11.2. The number of rotatable bonds is 7. The summed E-state index contributed by atoms with van der Waals surface area (Å²) in [6.45, 7) is 0.398. The summed E-state index contributed by atoms with van der Waals surface area (Å²) in [4.78, 5) is 30.2. The number of carboxylic acid groups (broad SMARTS) is 1. The van der Waals surface area contributed by atoms with E-state index in [2.05, 4.69) is 11.4 Å². The van der Waals surface area contributed by atoms with E-state index in [0.29, 0.717) is 28.6 Å². The van der Waals surface area contributed by atoms with Gasteiger partial charge in [-0.25, -0.2) is 9.18 Å². The van der Waals surface area contributed by atoms with Gasteiger partial charge in [0.15, 0.2) is 0 Å². The first-order chi connectivity index (χ1) is 21.3. The van der Waals surface area contributed by atoms with Crippen LogP contribution in [0.15, 0.2) is 103 Å². The van der Waals surface area contributed by atoms with E-state index in [1.165, 1.54) is 12.1 Å². The molecule has 7 nitrogen and oxygen atoms in total. The van der Waals surface area contributed by atoms with Crippen molar-refractivity contribution in [1.82, 2.24) is 14.9 Å². The molecule has 0 atom stereocenters. The van der Waals surface area contributed by atoms with E-state index in [4.69, 9.17) is 4.98 Å². The Labute approximate surface area is 251 Å². The molecule has 0 spiro atoms. The molecule has 0 aliphatic heterocycles. The molecule has 2 N–H and O–H groups in total. The Morgan fingerprint density at radius 2 is 1.68 bits per heavy atom. The van der Waals surface area contributed by atoms with Crippen molar-refractivity contribution in [1.29, 1.82) is 5.26 Å². The summed E-state index contributed by atoms with van der Waals surface area (Å²) in [7, 11) is 0. The van der Waals surface area contributed by atoms with Gasteiger partial charge in [-0.3, -0.25) is 9.78 Å². The zero-order valence-electron chi connectivity index (χ0n) is 23.4. The number of hydrogen-bond acceptors (Lipinski definition) is 4. The lowest BCUT2D eigenvalue weighted by Gasteiger charge is -2.20. The molecule has 0 unspecified atom stereocenters. The molecule has 1 amide bonds. The molecular formula is C36H25FN4O3. The Morgan fingerprint density at radius 3 is 2.39 bits per heavy atom. The lowest BCUT2D eigenvalue weighted by Crippen LogP contribution is -2.35. The normalized spacial score (nSPS) is 13.5. The zero-order valence-corrected chi connectivity index (χ0v) is 23.4. The molecule has 0 bridgehead atoms. The van der Waals surface area contributed by atoms with Gasteiger partial charge in [-0.2, -0.15) is 5.26 Å². The quantitative estimate of drug-likeness (QED) is 0.211. The maximum atomic E-state index is 14.1. The maximum Gasteiger partial charge on any atom is 0.335 e. The van der Waals surface area contributed by atoms with Crippen LogP contribution in [-0.4, -0.2) is 26.5 Å². The van der Waals surface area contributed by atoms with Gasteiger partial charge in [-0.05, 0) is 96.3 Å². The van der Waals surface area contributed by atoms with Crippen molar-refractivity contribution in [2.45, 2.75) is 24.9 Å². The van der Waals surface area contributed by atoms with Gasteiger partial charge < -0.3 is 15.0 Å². The van der Waals surface area contributed by atoms with Crippen LogP contribution in [0.3, 0.4) is 0 Å². The summed E-state index contributed by atoms with van der Waals surface area (Å²) in [5.41, 5.74) is 5.44. The molecule has 2 aromatic heterocycles. The van der Waals surface area contributed by atoms with Crippen LogP contribution in [-0.2, 0) is 12.1 Å². The molecule has 1 saturated carbocycles. The highest BCUT2D eigenvalue weighted by atomic mass is 19.1. The maximum absolute atomic E-state index is 14.1. The average molecular weight is 581 g/mol. The molecule has 1 aliphatic carbocycles. The molecule has 4 aromatic carbocycles. The summed E-state index contributed by atoms with van der Waals surface area (Å²) in [6.07, 6.45) is 3.41.